The molecule has 0 aromatic carbocycles. The molecule has 1 fully saturated rings. The summed E-state index contributed by atoms with van der Waals surface area (Å²) < 4.78 is 12.1. The van der Waals surface area contributed by atoms with Crippen molar-refractivity contribution in [1.82, 2.24) is 10.3 Å². The minimum atomic E-state index is -1.43. The molecular formula is C11H15N3O3S. The second-order valence-corrected chi connectivity index (χ2v) is 5.65. The molecule has 18 heavy (non-hydrogen) atoms. The first-order chi connectivity index (χ1) is 8.68. The Labute approximate surface area is 107 Å². The Kier molecular flexibility index (Phi) is 4.38. The smallest absolute Gasteiger partial charge is 0.303 e. The molecule has 0 radical (unpaired) electrons. The Bertz CT molecular complexity index is 461. The van der Waals surface area contributed by atoms with Crippen molar-refractivity contribution in [2.45, 2.75) is 30.3 Å². The molecule has 98 valence electrons. The predicted octanol–water partition coefficient (Wildman–Crippen LogP) is 1.24. The molecule has 1 saturated heterocycles. The SMILES string of the molecule is O=[N+]([O-])c1cccnc1[S@](=O)C[C@@H]1CCCCN1. The number of nitrogens with one attached hydrogen (secondary N) is 1. The van der Waals surface area contributed by atoms with E-state index in [1.807, 2.05) is 0 Å². The molecule has 1 N–H and O–H groups in total. The number of aromatic nitrogens is 1. The van der Waals surface area contributed by atoms with Crippen molar-refractivity contribution < 1.29 is 9.13 Å². The summed E-state index contributed by atoms with van der Waals surface area (Å²) in [6, 6.07) is 2.99. The molecule has 2 heterocycles. The van der Waals surface area contributed by atoms with Gasteiger partial charge in [-0.1, -0.05) is 6.42 Å². The van der Waals surface area contributed by atoms with Crippen LogP contribution in [0.4, 0.5) is 5.69 Å². The third-order valence-electron chi connectivity index (χ3n) is 2.93. The van der Waals surface area contributed by atoms with E-state index >= 15 is 0 Å². The van der Waals surface area contributed by atoms with E-state index in [0.717, 1.165) is 25.8 Å². The second-order valence-electron chi connectivity index (χ2n) is 4.24. The Hall–Kier alpha value is -1.34. The molecule has 2 rings (SSSR count). The summed E-state index contributed by atoms with van der Waals surface area (Å²) in [6.45, 7) is 0.923. The van der Waals surface area contributed by atoms with E-state index in [-0.39, 0.29) is 16.8 Å². The highest BCUT2D eigenvalue weighted by Crippen LogP contribution is 2.20. The molecule has 7 heteroatoms. The zero-order valence-corrected chi connectivity index (χ0v) is 10.7. The van der Waals surface area contributed by atoms with Crippen LogP contribution in [0.2, 0.25) is 0 Å². The van der Waals surface area contributed by atoms with Crippen molar-refractivity contribution in [3.63, 3.8) is 0 Å². The number of pyridine rings is 1. The first-order valence-corrected chi connectivity index (χ1v) is 7.21. The van der Waals surface area contributed by atoms with E-state index < -0.39 is 15.7 Å². The number of nitrogens with zero attached hydrogens (tertiary/aromatic N) is 2. The minimum absolute atomic E-state index is 0.0786. The van der Waals surface area contributed by atoms with Crippen LogP contribution in [0.25, 0.3) is 0 Å². The fraction of sp³-hybridized carbons (Fsp3) is 0.545. The van der Waals surface area contributed by atoms with Crippen LogP contribution in [0.5, 0.6) is 0 Å². The van der Waals surface area contributed by atoms with Gasteiger partial charge < -0.3 is 5.32 Å². The van der Waals surface area contributed by atoms with Gasteiger partial charge in [0, 0.05) is 24.1 Å². The van der Waals surface area contributed by atoms with Gasteiger partial charge in [-0.05, 0) is 25.5 Å². The van der Waals surface area contributed by atoms with Gasteiger partial charge in [0.25, 0.3) is 0 Å². The van der Waals surface area contributed by atoms with Gasteiger partial charge in [-0.25, -0.2) is 4.98 Å². The number of hydrogen-bond acceptors (Lipinski definition) is 5. The lowest BCUT2D eigenvalue weighted by Gasteiger charge is -2.22. The average Bonchev–Trinajstić information content (AvgIpc) is 2.40. The molecule has 2 atom stereocenters. The average molecular weight is 269 g/mol. The van der Waals surface area contributed by atoms with Crippen LogP contribution in [0.1, 0.15) is 19.3 Å². The van der Waals surface area contributed by atoms with Crippen molar-refractivity contribution in [3.8, 4) is 0 Å². The van der Waals surface area contributed by atoms with E-state index in [0.29, 0.717) is 5.75 Å². The molecule has 0 bridgehead atoms. The summed E-state index contributed by atoms with van der Waals surface area (Å²) in [5.41, 5.74) is -0.161. The molecule has 6 nitrogen and oxygen atoms in total. The zero-order chi connectivity index (χ0) is 13.0. The summed E-state index contributed by atoms with van der Waals surface area (Å²) in [5, 5.41) is 14.2. The topological polar surface area (TPSA) is 85.1 Å². The van der Waals surface area contributed by atoms with Gasteiger partial charge in [-0.3, -0.25) is 14.3 Å². The maximum absolute atomic E-state index is 12.1. The van der Waals surface area contributed by atoms with Crippen molar-refractivity contribution >= 4 is 16.5 Å². The van der Waals surface area contributed by atoms with E-state index in [1.54, 1.807) is 0 Å². The maximum atomic E-state index is 12.1. The highest BCUT2D eigenvalue weighted by Gasteiger charge is 2.23. The van der Waals surface area contributed by atoms with E-state index in [2.05, 4.69) is 10.3 Å². The van der Waals surface area contributed by atoms with Crippen LogP contribution >= 0.6 is 0 Å². The third-order valence-corrected chi connectivity index (χ3v) is 4.38. The molecule has 0 unspecified atom stereocenters. The normalized spacial score (nSPS) is 21.4. The van der Waals surface area contributed by atoms with Crippen LogP contribution in [-0.4, -0.2) is 32.5 Å². The second kappa shape index (κ2) is 6.01. The zero-order valence-electron chi connectivity index (χ0n) is 9.87. The number of piperidine rings is 1. The minimum Gasteiger partial charge on any atom is -0.313 e. The first-order valence-electron chi connectivity index (χ1n) is 5.89. The molecule has 1 aromatic heterocycles. The Morgan fingerprint density at radius 1 is 1.56 bits per heavy atom. The summed E-state index contributed by atoms with van der Waals surface area (Å²) in [6.07, 6.45) is 4.65. The summed E-state index contributed by atoms with van der Waals surface area (Å²) >= 11 is 0. The summed E-state index contributed by atoms with van der Waals surface area (Å²) in [5.74, 6) is 0.387. The fourth-order valence-corrected chi connectivity index (χ4v) is 3.39. The van der Waals surface area contributed by atoms with Gasteiger partial charge in [0.15, 0.2) is 0 Å². The fourth-order valence-electron chi connectivity index (χ4n) is 2.02. The van der Waals surface area contributed by atoms with Crippen LogP contribution < -0.4 is 5.32 Å². The molecule has 0 amide bonds. The third kappa shape index (κ3) is 3.11. The Morgan fingerprint density at radius 2 is 2.39 bits per heavy atom. The molecule has 0 aliphatic carbocycles. The van der Waals surface area contributed by atoms with Crippen LogP contribution in [0, 0.1) is 10.1 Å². The quantitative estimate of drug-likeness (QED) is 0.656. The van der Waals surface area contributed by atoms with Gasteiger partial charge in [0.2, 0.25) is 5.03 Å². The molecule has 1 aliphatic rings. The van der Waals surface area contributed by atoms with Crippen LogP contribution in [0.15, 0.2) is 23.4 Å². The molecule has 1 aromatic rings. The van der Waals surface area contributed by atoms with E-state index in [1.165, 1.54) is 18.3 Å². The summed E-state index contributed by atoms with van der Waals surface area (Å²) in [7, 11) is -1.43. The highest BCUT2D eigenvalue weighted by molar-refractivity contribution is 7.85. The maximum Gasteiger partial charge on any atom is 0.303 e. The van der Waals surface area contributed by atoms with Crippen LogP contribution in [0.3, 0.4) is 0 Å². The van der Waals surface area contributed by atoms with Gasteiger partial charge in [-0.15, -0.1) is 0 Å². The largest absolute Gasteiger partial charge is 0.313 e. The first kappa shape index (κ1) is 13.1. The lowest BCUT2D eigenvalue weighted by atomic mass is 10.1. The Morgan fingerprint density at radius 3 is 3.06 bits per heavy atom. The Balaban J connectivity index is 2.10. The monoisotopic (exact) mass is 269 g/mol. The van der Waals surface area contributed by atoms with Gasteiger partial charge in [-0.2, -0.15) is 0 Å². The lowest BCUT2D eigenvalue weighted by molar-refractivity contribution is -0.388. The van der Waals surface area contributed by atoms with Gasteiger partial charge >= 0.3 is 5.69 Å². The lowest BCUT2D eigenvalue weighted by Crippen LogP contribution is -2.38. The number of hydrogen-bond donors (Lipinski definition) is 1. The van der Waals surface area contributed by atoms with Gasteiger partial charge in [0.05, 0.1) is 15.7 Å². The van der Waals surface area contributed by atoms with E-state index in [9.17, 15) is 14.3 Å². The molecule has 0 spiro atoms. The summed E-state index contributed by atoms with van der Waals surface area (Å²) in [4.78, 5) is 14.2. The van der Waals surface area contributed by atoms with Crippen molar-refractivity contribution in [2.24, 2.45) is 0 Å². The number of nitro groups is 1. The number of rotatable bonds is 4. The van der Waals surface area contributed by atoms with E-state index in [4.69, 9.17) is 0 Å². The standard InChI is InChI=1S/C11H15N3O3S/c15-14(16)10-5-3-7-13-11(10)18(17)8-9-4-1-2-6-12-9/h3,5,7,9,12H,1-2,4,6,8H2/t9-,18+/m0/s1. The van der Waals surface area contributed by atoms with Crippen molar-refractivity contribution in [1.29, 1.82) is 0 Å². The molecular weight excluding hydrogens is 254 g/mol. The van der Waals surface area contributed by atoms with Crippen molar-refractivity contribution in [2.75, 3.05) is 12.3 Å². The molecule has 0 saturated carbocycles. The predicted molar refractivity (Wildman–Crippen MR) is 67.8 cm³/mol. The highest BCUT2D eigenvalue weighted by atomic mass is 32.2. The van der Waals surface area contributed by atoms with Crippen LogP contribution in [-0.2, 0) is 10.8 Å². The van der Waals surface area contributed by atoms with Gasteiger partial charge in [0.1, 0.15) is 0 Å². The van der Waals surface area contributed by atoms with Crippen molar-refractivity contribution in [3.05, 3.63) is 28.4 Å². The molecule has 1 aliphatic heterocycles.